The molecule has 3 nitrogen and oxygen atoms in total. The highest BCUT2D eigenvalue weighted by molar-refractivity contribution is 9.10. The Morgan fingerprint density at radius 2 is 2.21 bits per heavy atom. The van der Waals surface area contributed by atoms with Crippen molar-refractivity contribution in [1.82, 2.24) is 4.98 Å². The Bertz CT molecular complexity index is 602. The minimum Gasteiger partial charge on any atom is -0.325 e. The van der Waals surface area contributed by atoms with Crippen LogP contribution in [0.15, 0.2) is 41.0 Å². The maximum atomic E-state index is 13.3. The number of carbonyl (C=O) groups is 1. The van der Waals surface area contributed by atoms with Crippen LogP contribution in [-0.4, -0.2) is 10.9 Å². The Hall–Kier alpha value is -1.75. The first-order valence-electron chi connectivity index (χ1n) is 5.71. The van der Waals surface area contributed by atoms with Gasteiger partial charge in [-0.3, -0.25) is 9.78 Å². The number of carbonyl (C=O) groups excluding carboxylic acids is 1. The molecule has 5 heteroatoms. The van der Waals surface area contributed by atoms with Crippen molar-refractivity contribution in [2.24, 2.45) is 0 Å². The number of anilines is 1. The van der Waals surface area contributed by atoms with E-state index in [4.69, 9.17) is 0 Å². The van der Waals surface area contributed by atoms with E-state index in [9.17, 15) is 9.18 Å². The molecule has 0 saturated carbocycles. The molecule has 1 amide bonds. The van der Waals surface area contributed by atoms with Gasteiger partial charge in [0.05, 0.1) is 10.9 Å². The molecule has 0 bridgehead atoms. The summed E-state index contributed by atoms with van der Waals surface area (Å²) in [5, 5.41) is 2.75. The molecule has 2 rings (SSSR count). The minimum absolute atomic E-state index is 0.180. The number of halogens is 2. The second-order valence-corrected chi connectivity index (χ2v) is 4.98. The first-order chi connectivity index (χ1) is 9.06. The minimum atomic E-state index is -0.347. The van der Waals surface area contributed by atoms with E-state index < -0.39 is 0 Å². The van der Waals surface area contributed by atoms with Crippen molar-refractivity contribution in [1.29, 1.82) is 0 Å². The van der Waals surface area contributed by atoms with Gasteiger partial charge >= 0.3 is 0 Å². The van der Waals surface area contributed by atoms with Gasteiger partial charge in [-0.05, 0) is 52.7 Å². The fraction of sp³-hybridized carbons (Fsp3) is 0.143. The zero-order valence-electron chi connectivity index (χ0n) is 10.3. The monoisotopic (exact) mass is 322 g/mol. The van der Waals surface area contributed by atoms with Crippen LogP contribution in [0.3, 0.4) is 0 Å². The molecule has 19 heavy (non-hydrogen) atoms. The van der Waals surface area contributed by atoms with Crippen molar-refractivity contribution in [2.75, 3.05) is 5.32 Å². The largest absolute Gasteiger partial charge is 0.325 e. The fourth-order valence-electron chi connectivity index (χ4n) is 1.64. The van der Waals surface area contributed by atoms with Gasteiger partial charge in [-0.25, -0.2) is 4.39 Å². The second kappa shape index (κ2) is 5.93. The van der Waals surface area contributed by atoms with Crippen molar-refractivity contribution in [3.8, 4) is 0 Å². The molecule has 0 aliphatic heterocycles. The van der Waals surface area contributed by atoms with E-state index in [0.717, 1.165) is 0 Å². The number of pyridine rings is 1. The van der Waals surface area contributed by atoms with Crippen molar-refractivity contribution < 1.29 is 9.18 Å². The Morgan fingerprint density at radius 1 is 1.42 bits per heavy atom. The number of nitrogens with one attached hydrogen (secondary N) is 1. The summed E-state index contributed by atoms with van der Waals surface area (Å²) in [6.45, 7) is 1.74. The number of hydrogen-bond donors (Lipinski definition) is 1. The molecule has 2 aromatic rings. The predicted molar refractivity (Wildman–Crippen MR) is 75.4 cm³/mol. The Labute approximate surface area is 119 Å². The van der Waals surface area contributed by atoms with Gasteiger partial charge in [0.1, 0.15) is 5.82 Å². The normalized spacial score (nSPS) is 10.3. The number of rotatable bonds is 3. The summed E-state index contributed by atoms with van der Waals surface area (Å²) in [4.78, 5) is 16.0. The zero-order valence-corrected chi connectivity index (χ0v) is 11.9. The molecule has 0 fully saturated rings. The molecule has 0 radical (unpaired) electrons. The van der Waals surface area contributed by atoms with Crippen molar-refractivity contribution >= 4 is 27.5 Å². The van der Waals surface area contributed by atoms with Crippen molar-refractivity contribution in [2.45, 2.75) is 13.3 Å². The summed E-state index contributed by atoms with van der Waals surface area (Å²) in [6, 6.07) is 8.34. The molecule has 0 aliphatic carbocycles. The lowest BCUT2D eigenvalue weighted by atomic mass is 10.2. The molecular formula is C14H12BrFN2O. The van der Waals surface area contributed by atoms with E-state index in [1.807, 2.05) is 6.07 Å². The first kappa shape index (κ1) is 13.7. The average Bonchev–Trinajstić information content (AvgIpc) is 2.37. The topological polar surface area (TPSA) is 42.0 Å². The third kappa shape index (κ3) is 3.61. The van der Waals surface area contributed by atoms with E-state index in [-0.39, 0.29) is 18.1 Å². The third-order valence-corrected chi connectivity index (χ3v) is 3.22. The Balaban J connectivity index is 2.09. The van der Waals surface area contributed by atoms with Gasteiger partial charge < -0.3 is 5.32 Å². The van der Waals surface area contributed by atoms with E-state index >= 15 is 0 Å². The van der Waals surface area contributed by atoms with Gasteiger partial charge in [0.15, 0.2) is 0 Å². The molecule has 1 heterocycles. The van der Waals surface area contributed by atoms with Crippen LogP contribution in [0, 0.1) is 12.7 Å². The van der Waals surface area contributed by atoms with Crippen molar-refractivity contribution in [3.05, 3.63) is 58.1 Å². The standard InChI is InChI=1S/C14H12BrFN2O/c1-9-6-12(16)11(15)8-13(9)18-14(19)7-10-4-2-3-5-17-10/h2-6,8H,7H2,1H3,(H,18,19). The Morgan fingerprint density at radius 3 is 2.89 bits per heavy atom. The maximum Gasteiger partial charge on any atom is 0.230 e. The second-order valence-electron chi connectivity index (χ2n) is 4.13. The SMILES string of the molecule is Cc1cc(F)c(Br)cc1NC(=O)Cc1ccccn1. The van der Waals surface area contributed by atoms with Crippen LogP contribution < -0.4 is 5.32 Å². The molecule has 0 atom stereocenters. The zero-order chi connectivity index (χ0) is 13.8. The molecule has 0 spiro atoms. The fourth-order valence-corrected chi connectivity index (χ4v) is 1.99. The highest BCUT2D eigenvalue weighted by Gasteiger charge is 2.09. The highest BCUT2D eigenvalue weighted by Crippen LogP contribution is 2.24. The van der Waals surface area contributed by atoms with Crippen LogP contribution in [0.25, 0.3) is 0 Å². The van der Waals surface area contributed by atoms with E-state index in [1.54, 1.807) is 31.3 Å². The number of hydrogen-bond acceptors (Lipinski definition) is 2. The maximum absolute atomic E-state index is 13.3. The Kier molecular flexibility index (Phi) is 4.27. The number of benzene rings is 1. The summed E-state index contributed by atoms with van der Waals surface area (Å²) in [7, 11) is 0. The van der Waals surface area contributed by atoms with Gasteiger partial charge in [-0.1, -0.05) is 6.07 Å². The lowest BCUT2D eigenvalue weighted by molar-refractivity contribution is -0.115. The molecule has 1 N–H and O–H groups in total. The molecule has 1 aromatic carbocycles. The van der Waals surface area contributed by atoms with Gasteiger partial charge in [0, 0.05) is 17.6 Å². The van der Waals surface area contributed by atoms with Gasteiger partial charge in [-0.2, -0.15) is 0 Å². The number of aryl methyl sites for hydroxylation is 1. The highest BCUT2D eigenvalue weighted by atomic mass is 79.9. The average molecular weight is 323 g/mol. The molecule has 0 saturated heterocycles. The van der Waals surface area contributed by atoms with Gasteiger partial charge in [0.2, 0.25) is 5.91 Å². The summed E-state index contributed by atoms with van der Waals surface area (Å²) in [5.74, 6) is -0.527. The third-order valence-electron chi connectivity index (χ3n) is 2.61. The molecule has 0 aliphatic rings. The predicted octanol–water partition coefficient (Wildman–Crippen LogP) is 3.47. The smallest absolute Gasteiger partial charge is 0.230 e. The summed E-state index contributed by atoms with van der Waals surface area (Å²) in [6.07, 6.45) is 1.83. The summed E-state index contributed by atoms with van der Waals surface area (Å²) in [5.41, 5.74) is 1.96. The van der Waals surface area contributed by atoms with Crippen LogP contribution in [0.2, 0.25) is 0 Å². The molecule has 98 valence electrons. The van der Waals surface area contributed by atoms with E-state index in [0.29, 0.717) is 21.4 Å². The van der Waals surface area contributed by atoms with Gasteiger partial charge in [0.25, 0.3) is 0 Å². The van der Waals surface area contributed by atoms with E-state index in [1.165, 1.54) is 6.07 Å². The quantitative estimate of drug-likeness (QED) is 0.940. The molecular weight excluding hydrogens is 311 g/mol. The van der Waals surface area contributed by atoms with Crippen molar-refractivity contribution in [3.63, 3.8) is 0 Å². The van der Waals surface area contributed by atoms with Crippen LogP contribution in [0.1, 0.15) is 11.3 Å². The number of aromatic nitrogens is 1. The molecule has 1 aromatic heterocycles. The molecule has 0 unspecified atom stereocenters. The first-order valence-corrected chi connectivity index (χ1v) is 6.51. The number of amides is 1. The summed E-state index contributed by atoms with van der Waals surface area (Å²) < 4.78 is 13.6. The summed E-state index contributed by atoms with van der Waals surface area (Å²) >= 11 is 3.10. The van der Waals surface area contributed by atoms with E-state index in [2.05, 4.69) is 26.2 Å². The van der Waals surface area contributed by atoms with Crippen LogP contribution >= 0.6 is 15.9 Å². The van der Waals surface area contributed by atoms with Gasteiger partial charge in [-0.15, -0.1) is 0 Å². The van der Waals surface area contributed by atoms with Crippen LogP contribution in [0.5, 0.6) is 0 Å². The number of nitrogens with zero attached hydrogens (tertiary/aromatic N) is 1. The lowest BCUT2D eigenvalue weighted by Gasteiger charge is -2.09. The van der Waals surface area contributed by atoms with Crippen LogP contribution in [-0.2, 0) is 11.2 Å². The lowest BCUT2D eigenvalue weighted by Crippen LogP contribution is -2.16. The van der Waals surface area contributed by atoms with Crippen LogP contribution in [0.4, 0.5) is 10.1 Å².